The van der Waals surface area contributed by atoms with Gasteiger partial charge in [0.2, 0.25) is 11.9 Å². The summed E-state index contributed by atoms with van der Waals surface area (Å²) in [5.41, 5.74) is 4.11. The molecule has 17 heavy (non-hydrogen) atoms. The monoisotopic (exact) mass is 253 g/mol. The maximum Gasteiger partial charge on any atom is 0.322 e. The molecule has 2 rings (SSSR count). The van der Waals surface area contributed by atoms with Gasteiger partial charge in [-0.25, -0.2) is 5.84 Å². The highest BCUT2D eigenvalue weighted by atomic mass is 32.1. The van der Waals surface area contributed by atoms with Crippen LogP contribution in [0.1, 0.15) is 4.88 Å². The third-order valence-corrected chi connectivity index (χ3v) is 2.61. The maximum absolute atomic E-state index is 5.24. The van der Waals surface area contributed by atoms with Gasteiger partial charge in [0.25, 0.3) is 0 Å². The number of nitrogens with two attached hydrogens (primary N) is 1. The van der Waals surface area contributed by atoms with Gasteiger partial charge >= 0.3 is 6.01 Å². The van der Waals surface area contributed by atoms with Gasteiger partial charge in [0.15, 0.2) is 0 Å². The van der Waals surface area contributed by atoms with Crippen molar-refractivity contribution in [2.45, 2.75) is 6.54 Å². The maximum atomic E-state index is 5.24. The first kappa shape index (κ1) is 11.5. The third-order valence-electron chi connectivity index (χ3n) is 1.83. The highest BCUT2D eigenvalue weighted by Gasteiger charge is 2.05. The molecule has 0 spiro atoms. The SMILES string of the molecule is COc1nc(NN)nc(NCc2cncs2)n1. The van der Waals surface area contributed by atoms with Crippen LogP contribution in [0.2, 0.25) is 0 Å². The molecular formula is C8H11N7OS. The number of hydrogen-bond acceptors (Lipinski definition) is 9. The number of hydrogen-bond donors (Lipinski definition) is 3. The Morgan fingerprint density at radius 3 is 2.82 bits per heavy atom. The van der Waals surface area contributed by atoms with E-state index >= 15 is 0 Å². The summed E-state index contributed by atoms with van der Waals surface area (Å²) >= 11 is 1.55. The van der Waals surface area contributed by atoms with Crippen molar-refractivity contribution in [2.75, 3.05) is 17.9 Å². The van der Waals surface area contributed by atoms with Crippen LogP contribution in [0, 0.1) is 0 Å². The molecule has 0 aliphatic carbocycles. The fraction of sp³-hybridized carbons (Fsp3) is 0.250. The van der Waals surface area contributed by atoms with E-state index in [1.807, 2.05) is 0 Å². The Kier molecular flexibility index (Phi) is 3.62. The van der Waals surface area contributed by atoms with Crippen molar-refractivity contribution in [3.05, 3.63) is 16.6 Å². The molecular weight excluding hydrogens is 242 g/mol. The quantitative estimate of drug-likeness (QED) is 0.513. The van der Waals surface area contributed by atoms with E-state index in [0.29, 0.717) is 12.5 Å². The Bertz CT molecular complexity index is 452. The van der Waals surface area contributed by atoms with Gasteiger partial charge < -0.3 is 10.1 Å². The molecule has 0 aromatic carbocycles. The summed E-state index contributed by atoms with van der Waals surface area (Å²) in [6, 6.07) is 0.194. The molecule has 0 unspecified atom stereocenters. The average molecular weight is 253 g/mol. The molecule has 9 heteroatoms. The van der Waals surface area contributed by atoms with Crippen molar-refractivity contribution >= 4 is 23.2 Å². The summed E-state index contributed by atoms with van der Waals surface area (Å²) in [7, 11) is 1.47. The van der Waals surface area contributed by atoms with Crippen molar-refractivity contribution < 1.29 is 4.74 Å². The van der Waals surface area contributed by atoms with Gasteiger partial charge in [-0.1, -0.05) is 0 Å². The van der Waals surface area contributed by atoms with Gasteiger partial charge in [-0.3, -0.25) is 10.4 Å². The van der Waals surface area contributed by atoms with Crippen molar-refractivity contribution in [1.29, 1.82) is 0 Å². The molecule has 4 N–H and O–H groups in total. The fourth-order valence-electron chi connectivity index (χ4n) is 1.09. The Morgan fingerprint density at radius 1 is 1.35 bits per heavy atom. The standard InChI is InChI=1S/C8H11N7OS/c1-16-8-13-6(12-7(14-8)15-9)11-3-5-2-10-4-17-5/h2,4H,3,9H2,1H3,(H2,11,12,13,14,15). The van der Waals surface area contributed by atoms with E-state index in [9.17, 15) is 0 Å². The molecule has 90 valence electrons. The molecule has 0 radical (unpaired) electrons. The lowest BCUT2D eigenvalue weighted by molar-refractivity contribution is 0.379. The Balaban J connectivity index is 2.09. The van der Waals surface area contributed by atoms with Crippen molar-refractivity contribution in [2.24, 2.45) is 5.84 Å². The van der Waals surface area contributed by atoms with Crippen LogP contribution in [0.5, 0.6) is 6.01 Å². The van der Waals surface area contributed by atoms with Gasteiger partial charge in [-0.2, -0.15) is 15.0 Å². The smallest absolute Gasteiger partial charge is 0.322 e. The molecule has 2 heterocycles. The van der Waals surface area contributed by atoms with Crippen LogP contribution in [0.15, 0.2) is 11.7 Å². The number of aromatic nitrogens is 4. The summed E-state index contributed by atoms with van der Waals surface area (Å²) < 4.78 is 4.93. The lowest BCUT2D eigenvalue weighted by atomic mass is 10.5. The molecule has 0 aliphatic heterocycles. The fourth-order valence-corrected chi connectivity index (χ4v) is 1.62. The first-order valence-electron chi connectivity index (χ1n) is 4.69. The summed E-state index contributed by atoms with van der Waals surface area (Å²) in [6.07, 6.45) is 1.78. The van der Waals surface area contributed by atoms with Gasteiger partial charge in [0.05, 0.1) is 19.2 Å². The van der Waals surface area contributed by atoms with Crippen molar-refractivity contribution in [1.82, 2.24) is 19.9 Å². The van der Waals surface area contributed by atoms with Crippen LogP contribution in [-0.4, -0.2) is 27.0 Å². The molecule has 0 saturated carbocycles. The summed E-state index contributed by atoms with van der Waals surface area (Å²) in [4.78, 5) is 17.0. The van der Waals surface area contributed by atoms with Gasteiger partial charge in [-0.05, 0) is 0 Å². The number of nitrogen functional groups attached to an aromatic ring is 1. The minimum atomic E-state index is 0.194. The molecule has 0 fully saturated rings. The van der Waals surface area contributed by atoms with E-state index in [1.54, 1.807) is 23.0 Å². The minimum Gasteiger partial charge on any atom is -0.467 e. The van der Waals surface area contributed by atoms with E-state index in [4.69, 9.17) is 10.6 Å². The van der Waals surface area contributed by atoms with E-state index in [1.165, 1.54) is 7.11 Å². The number of methoxy groups -OCH3 is 1. The highest BCUT2D eigenvalue weighted by Crippen LogP contribution is 2.12. The predicted octanol–water partition coefficient (Wildman–Crippen LogP) is 0.234. The van der Waals surface area contributed by atoms with Crippen LogP contribution in [-0.2, 0) is 6.54 Å². The number of nitrogens with zero attached hydrogens (tertiary/aromatic N) is 4. The zero-order valence-electron chi connectivity index (χ0n) is 9.04. The van der Waals surface area contributed by atoms with Crippen molar-refractivity contribution in [3.63, 3.8) is 0 Å². The van der Waals surface area contributed by atoms with Crippen LogP contribution in [0.4, 0.5) is 11.9 Å². The number of ether oxygens (including phenoxy) is 1. The first-order valence-corrected chi connectivity index (χ1v) is 5.57. The Hall–Kier alpha value is -2.00. The summed E-state index contributed by atoms with van der Waals surface area (Å²) in [6.45, 7) is 0.585. The minimum absolute atomic E-state index is 0.194. The zero-order valence-corrected chi connectivity index (χ0v) is 9.86. The van der Waals surface area contributed by atoms with E-state index in [2.05, 4.69) is 30.7 Å². The number of hydrazine groups is 1. The Morgan fingerprint density at radius 2 is 2.18 bits per heavy atom. The molecule has 2 aromatic rings. The van der Waals surface area contributed by atoms with E-state index in [0.717, 1.165) is 4.88 Å². The lowest BCUT2D eigenvalue weighted by Gasteiger charge is -2.06. The predicted molar refractivity (Wildman–Crippen MR) is 63.6 cm³/mol. The second-order valence-corrected chi connectivity index (χ2v) is 3.91. The molecule has 0 bridgehead atoms. The van der Waals surface area contributed by atoms with Crippen LogP contribution < -0.4 is 21.3 Å². The topological polar surface area (TPSA) is 111 Å². The van der Waals surface area contributed by atoms with E-state index < -0.39 is 0 Å². The molecule has 0 saturated heterocycles. The molecule has 0 amide bonds. The van der Waals surface area contributed by atoms with Gasteiger partial charge in [0.1, 0.15) is 0 Å². The molecule has 2 aromatic heterocycles. The first-order chi connectivity index (χ1) is 8.31. The third kappa shape index (κ3) is 2.98. The van der Waals surface area contributed by atoms with Crippen molar-refractivity contribution in [3.8, 4) is 6.01 Å². The molecule has 0 aliphatic rings. The van der Waals surface area contributed by atoms with Gasteiger partial charge in [-0.15, -0.1) is 11.3 Å². The number of anilines is 2. The van der Waals surface area contributed by atoms with Crippen LogP contribution in [0.3, 0.4) is 0 Å². The van der Waals surface area contributed by atoms with E-state index in [-0.39, 0.29) is 12.0 Å². The van der Waals surface area contributed by atoms with Crippen LogP contribution in [0.25, 0.3) is 0 Å². The number of rotatable bonds is 5. The molecule has 8 nitrogen and oxygen atoms in total. The number of thiazole rings is 1. The van der Waals surface area contributed by atoms with Crippen LogP contribution >= 0.6 is 11.3 Å². The largest absolute Gasteiger partial charge is 0.467 e. The second kappa shape index (κ2) is 5.37. The second-order valence-electron chi connectivity index (χ2n) is 2.93. The summed E-state index contributed by atoms with van der Waals surface area (Å²) in [5.74, 6) is 5.87. The Labute approximate surface area is 101 Å². The van der Waals surface area contributed by atoms with Gasteiger partial charge in [0, 0.05) is 11.1 Å². The lowest BCUT2D eigenvalue weighted by Crippen LogP contribution is -2.13. The highest BCUT2D eigenvalue weighted by molar-refractivity contribution is 7.09. The molecule has 0 atom stereocenters. The average Bonchev–Trinajstić information content (AvgIpc) is 2.89. The summed E-state index contributed by atoms with van der Waals surface area (Å²) in [5, 5.41) is 3.03. The normalized spacial score (nSPS) is 10.0. The zero-order chi connectivity index (χ0) is 12.1. The number of nitrogens with one attached hydrogen (secondary N) is 2.